The zero-order chi connectivity index (χ0) is 18.8. The quantitative estimate of drug-likeness (QED) is 0.361. The van der Waals surface area contributed by atoms with Gasteiger partial charge in [-0.3, -0.25) is 4.79 Å². The fourth-order valence-corrected chi connectivity index (χ4v) is 3.18. The Morgan fingerprint density at radius 2 is 1.67 bits per heavy atom. The van der Waals surface area contributed by atoms with E-state index in [2.05, 4.69) is 0 Å². The number of hydrogen-bond acceptors (Lipinski definition) is 3. The monoisotopic (exact) mass is 354 g/mol. The molecule has 0 fully saturated rings. The van der Waals surface area contributed by atoms with Crippen molar-refractivity contribution in [2.75, 3.05) is 0 Å². The van der Waals surface area contributed by atoms with Crippen molar-refractivity contribution < 1.29 is 14.3 Å². The molecule has 4 aromatic rings. The molecule has 3 aromatic carbocycles. The van der Waals surface area contributed by atoms with Crippen molar-refractivity contribution in [3.05, 3.63) is 95.8 Å². The molecule has 0 unspecified atom stereocenters. The predicted molar refractivity (Wildman–Crippen MR) is 108 cm³/mol. The minimum absolute atomic E-state index is 0.0424. The normalized spacial score (nSPS) is 11.3. The average Bonchev–Trinajstić information content (AvgIpc) is 3.14. The highest BCUT2D eigenvalue weighted by Crippen LogP contribution is 2.38. The highest BCUT2D eigenvalue weighted by Gasteiger charge is 2.19. The Morgan fingerprint density at radius 1 is 1.00 bits per heavy atom. The highest BCUT2D eigenvalue weighted by atomic mass is 16.3. The van der Waals surface area contributed by atoms with Gasteiger partial charge in [0.05, 0.1) is 11.8 Å². The molecule has 0 atom stereocenters. The summed E-state index contributed by atoms with van der Waals surface area (Å²) in [7, 11) is 0. The van der Waals surface area contributed by atoms with Gasteiger partial charge in [-0.2, -0.15) is 0 Å². The van der Waals surface area contributed by atoms with Crippen molar-refractivity contribution in [1.82, 2.24) is 0 Å². The van der Waals surface area contributed by atoms with Crippen LogP contribution < -0.4 is 0 Å². The first kappa shape index (κ1) is 16.9. The van der Waals surface area contributed by atoms with E-state index in [0.717, 1.165) is 22.1 Å². The summed E-state index contributed by atoms with van der Waals surface area (Å²) in [6, 6.07) is 21.1. The molecular weight excluding hydrogens is 336 g/mol. The second-order valence-electron chi connectivity index (χ2n) is 6.40. The van der Waals surface area contributed by atoms with Gasteiger partial charge in [-0.25, -0.2) is 0 Å². The van der Waals surface area contributed by atoms with E-state index >= 15 is 0 Å². The van der Waals surface area contributed by atoms with Crippen molar-refractivity contribution in [1.29, 1.82) is 0 Å². The molecule has 0 aliphatic rings. The number of carbonyl (C=O) groups excluding carboxylic acids is 1. The van der Waals surface area contributed by atoms with Gasteiger partial charge in [-0.15, -0.1) is 0 Å². The first-order chi connectivity index (χ1) is 13.1. The van der Waals surface area contributed by atoms with Crippen LogP contribution in [0.2, 0.25) is 0 Å². The smallest absolute Gasteiger partial charge is 0.189 e. The molecule has 0 saturated carbocycles. The number of hydrogen-bond donors (Lipinski definition) is 1. The van der Waals surface area contributed by atoms with E-state index in [0.29, 0.717) is 11.1 Å². The Bertz CT molecular complexity index is 1140. The Labute approximate surface area is 157 Å². The Balaban J connectivity index is 1.80. The molecule has 0 spiro atoms. The van der Waals surface area contributed by atoms with Gasteiger partial charge in [0, 0.05) is 16.5 Å². The molecule has 3 nitrogen and oxygen atoms in total. The molecular formula is C24H18O3. The number of carbonyl (C=O) groups is 1. The van der Waals surface area contributed by atoms with E-state index in [-0.39, 0.29) is 17.1 Å². The van der Waals surface area contributed by atoms with Gasteiger partial charge in [0.2, 0.25) is 0 Å². The zero-order valence-corrected chi connectivity index (χ0v) is 14.8. The lowest BCUT2D eigenvalue weighted by Gasteiger charge is -2.06. The zero-order valence-electron chi connectivity index (χ0n) is 14.8. The van der Waals surface area contributed by atoms with Gasteiger partial charge >= 0.3 is 0 Å². The molecule has 132 valence electrons. The van der Waals surface area contributed by atoms with E-state index in [1.54, 1.807) is 25.3 Å². The number of aromatic hydroxyl groups is 1. The van der Waals surface area contributed by atoms with Gasteiger partial charge in [0.25, 0.3) is 0 Å². The van der Waals surface area contributed by atoms with Gasteiger partial charge < -0.3 is 9.52 Å². The second-order valence-corrected chi connectivity index (χ2v) is 6.40. The van der Waals surface area contributed by atoms with Crippen molar-refractivity contribution in [3.8, 4) is 16.9 Å². The van der Waals surface area contributed by atoms with Crippen LogP contribution in [0.4, 0.5) is 0 Å². The van der Waals surface area contributed by atoms with Crippen LogP contribution in [-0.2, 0) is 0 Å². The van der Waals surface area contributed by atoms with Gasteiger partial charge in [0.1, 0.15) is 11.3 Å². The van der Waals surface area contributed by atoms with E-state index in [9.17, 15) is 9.90 Å². The van der Waals surface area contributed by atoms with E-state index in [1.165, 1.54) is 6.08 Å². The van der Waals surface area contributed by atoms with Crippen LogP contribution in [0.3, 0.4) is 0 Å². The maximum Gasteiger partial charge on any atom is 0.189 e. The number of furan rings is 1. The first-order valence-corrected chi connectivity index (χ1v) is 8.72. The fourth-order valence-electron chi connectivity index (χ4n) is 3.18. The van der Waals surface area contributed by atoms with E-state index < -0.39 is 0 Å². The Morgan fingerprint density at radius 3 is 2.37 bits per heavy atom. The maximum absolute atomic E-state index is 12.7. The standard InChI is InChI=1S/C24H18O3/c1-16-23(26)20(22(25)13-12-17-8-4-2-5-9-17)14-19-21(15-27-24(16)19)18-10-6-3-7-11-18/h2-15,26H,1H3/b13-12+. The molecule has 1 N–H and O–H groups in total. The molecule has 0 aliphatic carbocycles. The minimum atomic E-state index is -0.249. The molecule has 1 heterocycles. The van der Waals surface area contributed by atoms with E-state index in [4.69, 9.17) is 4.42 Å². The van der Waals surface area contributed by atoms with Crippen LogP contribution >= 0.6 is 0 Å². The number of rotatable bonds is 4. The van der Waals surface area contributed by atoms with E-state index in [1.807, 2.05) is 60.7 Å². The average molecular weight is 354 g/mol. The molecule has 0 aliphatic heterocycles. The van der Waals surface area contributed by atoms with Crippen LogP contribution in [0.1, 0.15) is 21.5 Å². The molecule has 4 rings (SSSR count). The number of fused-ring (bicyclic) bond motifs is 1. The lowest BCUT2D eigenvalue weighted by atomic mass is 9.98. The second kappa shape index (κ2) is 6.96. The molecule has 27 heavy (non-hydrogen) atoms. The third-order valence-electron chi connectivity index (χ3n) is 4.65. The molecule has 0 radical (unpaired) electrons. The molecule has 0 amide bonds. The van der Waals surface area contributed by atoms with Crippen LogP contribution in [-0.4, -0.2) is 10.9 Å². The largest absolute Gasteiger partial charge is 0.507 e. The molecule has 0 bridgehead atoms. The fraction of sp³-hybridized carbons (Fsp3) is 0.0417. The summed E-state index contributed by atoms with van der Waals surface area (Å²) in [4.78, 5) is 12.7. The van der Waals surface area contributed by atoms with Gasteiger partial charge in [-0.1, -0.05) is 66.7 Å². The van der Waals surface area contributed by atoms with Crippen molar-refractivity contribution in [2.45, 2.75) is 6.92 Å². The number of allylic oxidation sites excluding steroid dienone is 1. The van der Waals surface area contributed by atoms with Crippen molar-refractivity contribution >= 4 is 22.8 Å². The molecule has 0 saturated heterocycles. The summed E-state index contributed by atoms with van der Waals surface area (Å²) >= 11 is 0. The number of phenols is 1. The summed E-state index contributed by atoms with van der Waals surface area (Å²) in [5.74, 6) is -0.291. The van der Waals surface area contributed by atoms with Crippen LogP contribution in [0.5, 0.6) is 5.75 Å². The minimum Gasteiger partial charge on any atom is -0.507 e. The lowest BCUT2D eigenvalue weighted by molar-refractivity contribution is 0.104. The summed E-state index contributed by atoms with van der Waals surface area (Å²) in [5, 5.41) is 11.3. The topological polar surface area (TPSA) is 50.4 Å². The van der Waals surface area contributed by atoms with Gasteiger partial charge in [-0.05, 0) is 30.2 Å². The number of ketones is 1. The van der Waals surface area contributed by atoms with Crippen LogP contribution in [0.15, 0.2) is 83.5 Å². The SMILES string of the molecule is Cc1c(O)c(C(=O)/C=C/c2ccccc2)cc2c(-c3ccccc3)coc12. The number of benzene rings is 3. The summed E-state index contributed by atoms with van der Waals surface area (Å²) in [5.41, 5.74) is 4.25. The third kappa shape index (κ3) is 3.15. The van der Waals surface area contributed by atoms with Crippen LogP contribution in [0, 0.1) is 6.92 Å². The predicted octanol–water partition coefficient (Wildman–Crippen LogP) is 6.01. The third-order valence-corrected chi connectivity index (χ3v) is 4.65. The molecule has 1 aromatic heterocycles. The van der Waals surface area contributed by atoms with Crippen molar-refractivity contribution in [3.63, 3.8) is 0 Å². The maximum atomic E-state index is 12.7. The lowest BCUT2D eigenvalue weighted by Crippen LogP contribution is -1.97. The molecule has 3 heteroatoms. The number of aryl methyl sites for hydroxylation is 1. The first-order valence-electron chi connectivity index (χ1n) is 8.72. The Kier molecular flexibility index (Phi) is 4.35. The van der Waals surface area contributed by atoms with Crippen LogP contribution in [0.25, 0.3) is 28.2 Å². The number of phenolic OH excluding ortho intramolecular Hbond substituents is 1. The van der Waals surface area contributed by atoms with Gasteiger partial charge in [0.15, 0.2) is 5.78 Å². The Hall–Kier alpha value is -3.59. The van der Waals surface area contributed by atoms with Crippen molar-refractivity contribution in [2.24, 2.45) is 0 Å². The summed E-state index contributed by atoms with van der Waals surface area (Å²) in [6.07, 6.45) is 4.90. The summed E-state index contributed by atoms with van der Waals surface area (Å²) in [6.45, 7) is 1.76. The summed E-state index contributed by atoms with van der Waals surface area (Å²) < 4.78 is 5.69. The highest BCUT2D eigenvalue weighted by molar-refractivity contribution is 6.12.